The number of ether oxygens (including phenoxy) is 1. The fourth-order valence-electron chi connectivity index (χ4n) is 4.96. The van der Waals surface area contributed by atoms with Crippen molar-refractivity contribution in [2.24, 2.45) is 0 Å². The lowest BCUT2D eigenvalue weighted by Crippen LogP contribution is -2.48. The predicted molar refractivity (Wildman–Crippen MR) is 168 cm³/mol. The maximum Gasteiger partial charge on any atom is 0.270 e. The molecule has 228 valence electrons. The first-order chi connectivity index (χ1) is 20.5. The molecule has 43 heavy (non-hydrogen) atoms. The summed E-state index contributed by atoms with van der Waals surface area (Å²) in [6.45, 7) is 1.38. The van der Waals surface area contributed by atoms with E-state index in [-0.39, 0.29) is 6.54 Å². The Morgan fingerprint density at radius 1 is 1.30 bits per heavy atom. The Morgan fingerprint density at radius 2 is 2.07 bits per heavy atom. The number of fused-ring (bicyclic) bond motifs is 1. The minimum absolute atomic E-state index is 0.00564. The number of halogens is 2. The van der Waals surface area contributed by atoms with Crippen LogP contribution in [0.2, 0.25) is 0 Å². The number of nitrogens with two attached hydrogens (primary N) is 1. The second kappa shape index (κ2) is 13.7. The van der Waals surface area contributed by atoms with E-state index in [2.05, 4.69) is 32.8 Å². The summed E-state index contributed by atoms with van der Waals surface area (Å²) < 4.78 is 21.1. The molecule has 0 aliphatic heterocycles. The number of hydrogen-bond donors (Lipinski definition) is 4. The SMILES string of the molecule is C#Cc1cn[nH]c1-c1cn(C[C@H](NC(=O)C(F)Cl)C(=O)Nc2cc(N)c(OC)cc2N(C)CCN(C)C)c2c1C=CCC2. The van der Waals surface area contributed by atoms with Gasteiger partial charge >= 0.3 is 0 Å². The van der Waals surface area contributed by atoms with Crippen molar-refractivity contribution in [1.29, 1.82) is 0 Å². The van der Waals surface area contributed by atoms with Crippen molar-refractivity contribution in [3.05, 3.63) is 47.4 Å². The van der Waals surface area contributed by atoms with Gasteiger partial charge < -0.3 is 35.5 Å². The minimum Gasteiger partial charge on any atom is -0.495 e. The molecule has 0 saturated carbocycles. The number of carbonyl (C=O) groups excluding carboxylic acids is 2. The first-order valence-corrected chi connectivity index (χ1v) is 14.1. The number of nitrogen functional groups attached to an aromatic ring is 1. The zero-order valence-corrected chi connectivity index (χ0v) is 25.3. The number of amides is 2. The number of H-pyrrole nitrogens is 1. The van der Waals surface area contributed by atoms with Crippen LogP contribution in [-0.4, -0.2) is 84.5 Å². The van der Waals surface area contributed by atoms with E-state index in [1.807, 2.05) is 47.8 Å². The summed E-state index contributed by atoms with van der Waals surface area (Å²) >= 11 is 5.44. The minimum atomic E-state index is -2.33. The first kappa shape index (κ1) is 31.5. The molecule has 0 bridgehead atoms. The van der Waals surface area contributed by atoms with E-state index >= 15 is 0 Å². The number of aromatic nitrogens is 3. The molecule has 1 unspecified atom stereocenters. The summed E-state index contributed by atoms with van der Waals surface area (Å²) in [5.74, 6) is 1.37. The van der Waals surface area contributed by atoms with Gasteiger partial charge in [-0.1, -0.05) is 29.7 Å². The van der Waals surface area contributed by atoms with Gasteiger partial charge in [0.15, 0.2) is 0 Å². The summed E-state index contributed by atoms with van der Waals surface area (Å²) in [4.78, 5) is 30.2. The van der Waals surface area contributed by atoms with Gasteiger partial charge in [-0.15, -0.1) is 6.42 Å². The van der Waals surface area contributed by atoms with Gasteiger partial charge in [-0.25, -0.2) is 4.39 Å². The summed E-state index contributed by atoms with van der Waals surface area (Å²) in [5.41, 5.74) is 9.14. The average Bonchev–Trinajstić information content (AvgIpc) is 3.60. The van der Waals surface area contributed by atoms with Crippen molar-refractivity contribution in [2.45, 2.75) is 31.1 Å². The van der Waals surface area contributed by atoms with Gasteiger partial charge in [0.2, 0.25) is 5.91 Å². The van der Waals surface area contributed by atoms with Crippen LogP contribution >= 0.6 is 11.6 Å². The highest BCUT2D eigenvalue weighted by Gasteiger charge is 2.29. The van der Waals surface area contributed by atoms with Gasteiger partial charge in [0.25, 0.3) is 11.5 Å². The molecule has 5 N–H and O–H groups in total. The van der Waals surface area contributed by atoms with Gasteiger partial charge in [0.05, 0.1) is 48.2 Å². The van der Waals surface area contributed by atoms with Crippen molar-refractivity contribution in [1.82, 2.24) is 25.0 Å². The Hall–Kier alpha value is -4.47. The number of terminal acetylenes is 1. The molecule has 3 aromatic rings. The summed E-state index contributed by atoms with van der Waals surface area (Å²) in [6.07, 6.45) is 14.6. The number of allylic oxidation sites excluding steroid dienone is 1. The fraction of sp³-hybridized carbons (Fsp3) is 0.367. The maximum absolute atomic E-state index is 13.8. The Kier molecular flexibility index (Phi) is 10.0. The summed E-state index contributed by atoms with van der Waals surface area (Å²) in [5, 5.41) is 12.4. The van der Waals surface area contributed by atoms with Crippen LogP contribution in [-0.2, 0) is 22.6 Å². The lowest BCUT2D eigenvalue weighted by atomic mass is 9.99. The number of nitrogens with one attached hydrogen (secondary N) is 3. The summed E-state index contributed by atoms with van der Waals surface area (Å²) in [7, 11) is 7.31. The van der Waals surface area contributed by atoms with Crippen molar-refractivity contribution >= 4 is 46.6 Å². The molecule has 11 nitrogen and oxygen atoms in total. The van der Waals surface area contributed by atoms with Crippen LogP contribution in [0.3, 0.4) is 0 Å². The van der Waals surface area contributed by atoms with Crippen molar-refractivity contribution in [2.75, 3.05) is 57.3 Å². The van der Waals surface area contributed by atoms with Gasteiger partial charge in [0, 0.05) is 49.2 Å². The largest absolute Gasteiger partial charge is 0.495 e. The van der Waals surface area contributed by atoms with E-state index in [0.717, 1.165) is 29.8 Å². The molecule has 0 radical (unpaired) electrons. The third-order valence-corrected chi connectivity index (χ3v) is 7.44. The zero-order valence-electron chi connectivity index (χ0n) is 24.6. The van der Waals surface area contributed by atoms with Crippen LogP contribution < -0.4 is 26.0 Å². The smallest absolute Gasteiger partial charge is 0.270 e. The number of hydrogen-bond acceptors (Lipinski definition) is 7. The number of likely N-dealkylation sites (N-methyl/N-ethyl adjacent to an activating group) is 2. The number of nitrogens with zero attached hydrogens (tertiary/aromatic N) is 4. The van der Waals surface area contributed by atoms with Crippen molar-refractivity contribution < 1.29 is 18.7 Å². The van der Waals surface area contributed by atoms with Crippen molar-refractivity contribution in [3.63, 3.8) is 0 Å². The van der Waals surface area contributed by atoms with E-state index in [0.29, 0.717) is 47.0 Å². The normalized spacial score (nSPS) is 13.6. The zero-order chi connectivity index (χ0) is 31.3. The molecule has 1 aliphatic carbocycles. The molecule has 0 saturated heterocycles. The monoisotopic (exact) mass is 610 g/mol. The highest BCUT2D eigenvalue weighted by atomic mass is 35.5. The molecule has 2 amide bonds. The fourth-order valence-corrected chi connectivity index (χ4v) is 5.02. The lowest BCUT2D eigenvalue weighted by molar-refractivity contribution is -0.128. The van der Waals surface area contributed by atoms with Gasteiger partial charge in [-0.05, 0) is 33.0 Å². The second-order valence-electron chi connectivity index (χ2n) is 10.5. The maximum atomic E-state index is 13.8. The molecule has 2 aromatic heterocycles. The number of aromatic amines is 1. The van der Waals surface area contributed by atoms with Gasteiger partial charge in [-0.2, -0.15) is 5.10 Å². The van der Waals surface area contributed by atoms with E-state index < -0.39 is 23.5 Å². The second-order valence-corrected chi connectivity index (χ2v) is 10.9. The molecule has 4 rings (SSSR count). The van der Waals surface area contributed by atoms with Crippen LogP contribution in [0.25, 0.3) is 17.3 Å². The molecule has 0 spiro atoms. The Labute approximate surface area is 255 Å². The molecule has 2 heterocycles. The van der Waals surface area contributed by atoms with Crippen LogP contribution in [0.15, 0.2) is 30.6 Å². The molecule has 13 heteroatoms. The number of benzene rings is 1. The van der Waals surface area contributed by atoms with E-state index in [9.17, 15) is 14.0 Å². The Morgan fingerprint density at radius 3 is 2.74 bits per heavy atom. The van der Waals surface area contributed by atoms with Crippen LogP contribution in [0.5, 0.6) is 5.75 Å². The number of methoxy groups -OCH3 is 1. The number of carbonyl (C=O) groups is 2. The van der Waals surface area contributed by atoms with Crippen LogP contribution in [0.4, 0.5) is 21.5 Å². The van der Waals surface area contributed by atoms with Crippen molar-refractivity contribution in [3.8, 4) is 29.4 Å². The molecule has 1 aromatic carbocycles. The first-order valence-electron chi connectivity index (χ1n) is 13.7. The third kappa shape index (κ3) is 7.13. The number of anilines is 3. The Bertz CT molecular complexity index is 1560. The Balaban J connectivity index is 1.70. The lowest BCUT2D eigenvalue weighted by Gasteiger charge is -2.27. The molecule has 0 fully saturated rings. The number of rotatable bonds is 12. The standard InChI is InChI=1S/C30H36ClFN8O3/c1-6-18-15-34-37-27(18)20-16-40(24-10-8-7-9-19(20)24)17-23(36-30(42)28(31)32)29(41)35-22-13-21(33)26(43-5)14-25(22)39(4)12-11-38(2)3/h1,7,9,13-16,23,28H,8,10-12,17,33H2,2-5H3,(H,34,37)(H,35,41)(H,36,42)/t23-,28?/m0/s1. The molecular formula is C30H36ClFN8O3. The molecule has 1 aliphatic rings. The third-order valence-electron chi connectivity index (χ3n) is 7.24. The van der Waals surface area contributed by atoms with Gasteiger partial charge in [0.1, 0.15) is 11.8 Å². The van der Waals surface area contributed by atoms with Gasteiger partial charge in [-0.3, -0.25) is 14.7 Å². The summed E-state index contributed by atoms with van der Waals surface area (Å²) in [6, 6.07) is 2.13. The van der Waals surface area contributed by atoms with Crippen LogP contribution in [0, 0.1) is 12.3 Å². The highest BCUT2D eigenvalue weighted by Crippen LogP contribution is 2.36. The highest BCUT2D eigenvalue weighted by molar-refractivity contribution is 6.29. The molecular weight excluding hydrogens is 575 g/mol. The quantitative estimate of drug-likeness (QED) is 0.141. The topological polar surface area (TPSA) is 134 Å². The van der Waals surface area contributed by atoms with Crippen LogP contribution in [0.1, 0.15) is 23.2 Å². The predicted octanol–water partition coefficient (Wildman–Crippen LogP) is 3.07. The molecule has 2 atom stereocenters. The van der Waals surface area contributed by atoms with E-state index in [4.69, 9.17) is 28.5 Å². The van der Waals surface area contributed by atoms with E-state index in [1.54, 1.807) is 18.3 Å². The number of alkyl halides is 2. The van der Waals surface area contributed by atoms with E-state index in [1.165, 1.54) is 7.11 Å². The average molecular weight is 611 g/mol.